The Morgan fingerprint density at radius 3 is 1.14 bits per heavy atom. The summed E-state index contributed by atoms with van der Waals surface area (Å²) in [6.45, 7) is 0.549. The van der Waals surface area contributed by atoms with Gasteiger partial charge in [0.1, 0.15) is 23.1 Å². The second-order valence-electron chi connectivity index (χ2n) is 15.0. The summed E-state index contributed by atoms with van der Waals surface area (Å²) >= 11 is 0. The molecule has 312 valence electrons. The fraction of sp³-hybridized carbons (Fsp3) is 0.435. The van der Waals surface area contributed by atoms with Crippen LogP contribution in [0.2, 0.25) is 0 Å². The van der Waals surface area contributed by atoms with Crippen molar-refractivity contribution in [3.05, 3.63) is 109 Å². The van der Waals surface area contributed by atoms with Crippen molar-refractivity contribution < 1.29 is 35.9 Å². The Labute approximate surface area is 345 Å². The quantitative estimate of drug-likeness (QED) is 0.0971. The van der Waals surface area contributed by atoms with E-state index in [1.54, 1.807) is 87.0 Å². The normalized spacial score (nSPS) is 15.1. The predicted octanol–water partition coefficient (Wildman–Crippen LogP) is 9.64. The van der Waals surface area contributed by atoms with E-state index in [1.807, 2.05) is 36.4 Å². The molecular formula is C46H58N2O8S2. The highest BCUT2D eigenvalue weighted by molar-refractivity contribution is 7.93. The van der Waals surface area contributed by atoms with E-state index in [4.69, 9.17) is 9.47 Å². The van der Waals surface area contributed by atoms with Gasteiger partial charge < -0.3 is 9.47 Å². The van der Waals surface area contributed by atoms with E-state index in [0.29, 0.717) is 48.6 Å². The Balaban J connectivity index is 0.000000221. The molecule has 0 atom stereocenters. The van der Waals surface area contributed by atoms with E-state index in [1.165, 1.54) is 21.5 Å². The van der Waals surface area contributed by atoms with Gasteiger partial charge in [-0.25, -0.2) is 16.8 Å². The van der Waals surface area contributed by atoms with Crippen molar-refractivity contribution in [3.8, 4) is 11.5 Å². The summed E-state index contributed by atoms with van der Waals surface area (Å²) in [5, 5.41) is 0. The fourth-order valence-electron chi connectivity index (χ4n) is 7.77. The highest BCUT2D eigenvalue weighted by Gasteiger charge is 2.28. The molecule has 2 aliphatic carbocycles. The smallest absolute Gasteiger partial charge is 0.264 e. The number of hydrogen-bond acceptors (Lipinski definition) is 8. The van der Waals surface area contributed by atoms with Gasteiger partial charge in [0.2, 0.25) is 0 Å². The molecule has 10 nitrogen and oxygen atoms in total. The lowest BCUT2D eigenvalue weighted by Gasteiger charge is -2.25. The van der Waals surface area contributed by atoms with Crippen molar-refractivity contribution in [2.45, 2.75) is 99.7 Å². The van der Waals surface area contributed by atoms with E-state index in [0.717, 1.165) is 51.4 Å². The van der Waals surface area contributed by atoms with Gasteiger partial charge >= 0.3 is 0 Å². The summed E-state index contributed by atoms with van der Waals surface area (Å²) in [6, 6.07) is 30.9. The number of para-hydroxylation sites is 2. The summed E-state index contributed by atoms with van der Waals surface area (Å²) in [6.07, 6.45) is 12.7. The molecule has 0 N–H and O–H groups in total. The molecular weight excluding hydrogens is 773 g/mol. The number of carbonyl (C=O) groups excluding carboxylic acids is 2. The van der Waals surface area contributed by atoms with Gasteiger partial charge in [-0.1, -0.05) is 74.9 Å². The zero-order valence-electron chi connectivity index (χ0n) is 33.8. The number of anilines is 2. The number of carbonyl (C=O) groups is 2. The molecule has 0 spiro atoms. The van der Waals surface area contributed by atoms with Crippen LogP contribution in [0.25, 0.3) is 0 Å². The Bertz CT molecular complexity index is 1930. The Kier molecular flexibility index (Phi) is 16.8. The molecule has 2 saturated carbocycles. The number of hydrogen-bond donors (Lipinski definition) is 0. The largest absolute Gasteiger partial charge is 0.497 e. The molecule has 0 unspecified atom stereocenters. The zero-order chi connectivity index (χ0) is 41.4. The van der Waals surface area contributed by atoms with Gasteiger partial charge in [0.15, 0.2) is 0 Å². The second-order valence-corrected chi connectivity index (χ2v) is 18.7. The lowest BCUT2D eigenvalue weighted by atomic mass is 9.85. The van der Waals surface area contributed by atoms with Crippen LogP contribution in [0.4, 0.5) is 11.4 Å². The van der Waals surface area contributed by atoms with Crippen molar-refractivity contribution in [2.24, 2.45) is 11.8 Å². The maximum Gasteiger partial charge on any atom is 0.264 e. The molecule has 0 radical (unpaired) electrons. The third-order valence-electron chi connectivity index (χ3n) is 11.1. The third-order valence-corrected chi connectivity index (χ3v) is 14.8. The summed E-state index contributed by atoms with van der Waals surface area (Å²) in [5.74, 6) is 2.08. The molecule has 0 heterocycles. The molecule has 4 aromatic rings. The topological polar surface area (TPSA) is 127 Å². The SMILES string of the molecule is COc1ccc(S(=O)(=O)N(CCCC(=O)C2CCCCC2)c2ccccc2)cc1.COc1ccc(S(=O)(=O)N(CCCC(=O)C2CCCCC2)c2ccccc2)cc1. The lowest BCUT2D eigenvalue weighted by Crippen LogP contribution is -2.32. The molecule has 4 aromatic carbocycles. The van der Waals surface area contributed by atoms with Crippen LogP contribution in [0.15, 0.2) is 119 Å². The third kappa shape index (κ3) is 12.2. The summed E-state index contributed by atoms with van der Waals surface area (Å²) < 4.78 is 66.3. The monoisotopic (exact) mass is 830 g/mol. The van der Waals surface area contributed by atoms with E-state index < -0.39 is 20.0 Å². The average Bonchev–Trinajstić information content (AvgIpc) is 3.27. The van der Waals surface area contributed by atoms with Crippen molar-refractivity contribution >= 4 is 43.0 Å². The molecule has 12 heteroatoms. The van der Waals surface area contributed by atoms with Crippen LogP contribution in [0, 0.1) is 11.8 Å². The van der Waals surface area contributed by atoms with Crippen molar-refractivity contribution in [2.75, 3.05) is 35.9 Å². The molecule has 58 heavy (non-hydrogen) atoms. The van der Waals surface area contributed by atoms with Gasteiger partial charge in [0.25, 0.3) is 20.0 Å². The number of methoxy groups -OCH3 is 2. The van der Waals surface area contributed by atoms with E-state index in [2.05, 4.69) is 0 Å². The molecule has 6 rings (SSSR count). The maximum absolute atomic E-state index is 13.3. The van der Waals surface area contributed by atoms with Crippen LogP contribution in [-0.2, 0) is 29.6 Å². The highest BCUT2D eigenvalue weighted by Crippen LogP contribution is 2.30. The minimum atomic E-state index is -3.74. The van der Waals surface area contributed by atoms with Gasteiger partial charge in [-0.15, -0.1) is 0 Å². The first kappa shape index (κ1) is 44.4. The van der Waals surface area contributed by atoms with Gasteiger partial charge in [0, 0.05) is 37.8 Å². The second kappa shape index (κ2) is 21.9. The Morgan fingerprint density at radius 2 is 0.828 bits per heavy atom. The number of rotatable bonds is 18. The van der Waals surface area contributed by atoms with E-state index >= 15 is 0 Å². The van der Waals surface area contributed by atoms with Crippen LogP contribution in [0.5, 0.6) is 11.5 Å². The molecule has 0 bridgehead atoms. The van der Waals surface area contributed by atoms with Crippen LogP contribution in [0.3, 0.4) is 0 Å². The van der Waals surface area contributed by atoms with Gasteiger partial charge in [-0.05, 0) is 111 Å². The van der Waals surface area contributed by atoms with Crippen molar-refractivity contribution in [1.82, 2.24) is 0 Å². The van der Waals surface area contributed by atoms with Crippen molar-refractivity contribution in [1.29, 1.82) is 0 Å². The van der Waals surface area contributed by atoms with E-state index in [9.17, 15) is 26.4 Å². The number of ether oxygens (including phenoxy) is 2. The minimum Gasteiger partial charge on any atom is -0.497 e. The number of nitrogens with zero attached hydrogens (tertiary/aromatic N) is 2. The number of benzene rings is 4. The summed E-state index contributed by atoms with van der Waals surface area (Å²) in [7, 11) is -4.38. The number of ketones is 2. The van der Waals surface area contributed by atoms with Crippen molar-refractivity contribution in [3.63, 3.8) is 0 Å². The first-order valence-electron chi connectivity index (χ1n) is 20.5. The molecule has 2 fully saturated rings. The van der Waals surface area contributed by atoms with Gasteiger partial charge in [-0.3, -0.25) is 18.2 Å². The van der Waals surface area contributed by atoms with Gasteiger partial charge in [-0.2, -0.15) is 0 Å². The standard InChI is InChI=1S/2C23H29NO4S/c2*1-28-21-14-16-22(17-15-21)29(26,27)24(20-11-6-3-7-12-20)18-8-13-23(25)19-9-4-2-5-10-19/h2*3,6-7,11-12,14-17,19H,2,4-5,8-10,13,18H2,1H3. The molecule has 0 aromatic heterocycles. The first-order valence-corrected chi connectivity index (χ1v) is 23.4. The van der Waals surface area contributed by atoms with Crippen LogP contribution < -0.4 is 18.1 Å². The zero-order valence-corrected chi connectivity index (χ0v) is 35.5. The summed E-state index contributed by atoms with van der Waals surface area (Å²) in [5.41, 5.74) is 1.21. The first-order chi connectivity index (χ1) is 28.0. The predicted molar refractivity (Wildman–Crippen MR) is 230 cm³/mol. The molecule has 0 aliphatic heterocycles. The average molecular weight is 831 g/mol. The molecule has 0 amide bonds. The lowest BCUT2D eigenvalue weighted by molar-refractivity contribution is -0.124. The number of sulfonamides is 2. The fourth-order valence-corrected chi connectivity index (χ4v) is 10.8. The van der Waals surface area contributed by atoms with Crippen LogP contribution in [0.1, 0.15) is 89.9 Å². The Morgan fingerprint density at radius 1 is 0.500 bits per heavy atom. The maximum atomic E-state index is 13.3. The van der Waals surface area contributed by atoms with Crippen LogP contribution >= 0.6 is 0 Å². The highest BCUT2D eigenvalue weighted by atomic mass is 32.2. The van der Waals surface area contributed by atoms with E-state index in [-0.39, 0.29) is 46.3 Å². The Hall–Kier alpha value is -4.68. The summed E-state index contributed by atoms with van der Waals surface area (Å²) in [4.78, 5) is 25.5. The van der Waals surface area contributed by atoms with Crippen LogP contribution in [-0.4, -0.2) is 55.7 Å². The van der Waals surface area contributed by atoms with Gasteiger partial charge in [0.05, 0.1) is 35.4 Å². The molecule has 0 saturated heterocycles. The molecule has 2 aliphatic rings. The number of Topliss-reactive ketones (excluding diaryl/α,β-unsaturated/α-hetero) is 2. The minimum absolute atomic E-state index is 0.159.